The largest absolute Gasteiger partial charge is 0.372 e. The Labute approximate surface area is 194 Å². The summed E-state index contributed by atoms with van der Waals surface area (Å²) in [5, 5.41) is 0. The average molecular weight is 428 g/mol. The van der Waals surface area contributed by atoms with Crippen LogP contribution in [0.1, 0.15) is 49.5 Å². The molecule has 0 aliphatic carbocycles. The van der Waals surface area contributed by atoms with Crippen molar-refractivity contribution in [3.8, 4) is 0 Å². The van der Waals surface area contributed by atoms with Gasteiger partial charge in [-0.05, 0) is 41.7 Å². The molecule has 0 atom stereocenters. The van der Waals surface area contributed by atoms with Crippen molar-refractivity contribution in [3.05, 3.63) is 102 Å². The number of hydrogen-bond acceptors (Lipinski definition) is 3. The van der Waals surface area contributed by atoms with Gasteiger partial charge in [0.1, 0.15) is 0 Å². The summed E-state index contributed by atoms with van der Waals surface area (Å²) in [5.41, 5.74) is 5.51. The first-order valence-corrected chi connectivity index (χ1v) is 12.2. The molecular formula is C29H37N3. The molecule has 1 aliphatic rings. The number of hydrogen-bond donors (Lipinski definition) is 0. The summed E-state index contributed by atoms with van der Waals surface area (Å²) in [6.45, 7) is 10.9. The standard InChI is InChI=1S/C29H37N3/c1-3-19-30(20-4-2)28-17-15-27(16-18-28)29-31(23-25-11-7-5-8-12-25)21-22-32(29)24-26-13-9-6-10-14-26/h5-18,29H,3-4,19-24H2,1-2H3. The molecule has 0 bridgehead atoms. The Hall–Kier alpha value is -2.62. The van der Waals surface area contributed by atoms with Crippen LogP contribution in [0.3, 0.4) is 0 Å². The fourth-order valence-corrected chi connectivity index (χ4v) is 4.89. The van der Waals surface area contributed by atoms with Crippen molar-refractivity contribution < 1.29 is 0 Å². The van der Waals surface area contributed by atoms with Crippen LogP contribution in [0.4, 0.5) is 5.69 Å². The van der Waals surface area contributed by atoms with Crippen molar-refractivity contribution in [2.45, 2.75) is 45.9 Å². The molecule has 4 rings (SSSR count). The normalized spacial score (nSPS) is 15.3. The Bertz CT molecular complexity index is 868. The summed E-state index contributed by atoms with van der Waals surface area (Å²) < 4.78 is 0. The molecule has 1 heterocycles. The van der Waals surface area contributed by atoms with Crippen LogP contribution < -0.4 is 4.90 Å². The lowest BCUT2D eigenvalue weighted by Crippen LogP contribution is -2.30. The zero-order chi connectivity index (χ0) is 22.2. The maximum Gasteiger partial charge on any atom is 0.0892 e. The van der Waals surface area contributed by atoms with Gasteiger partial charge in [0, 0.05) is 45.0 Å². The minimum absolute atomic E-state index is 0.301. The van der Waals surface area contributed by atoms with Gasteiger partial charge in [-0.1, -0.05) is 86.6 Å². The summed E-state index contributed by atoms with van der Waals surface area (Å²) in [6, 6.07) is 31.1. The van der Waals surface area contributed by atoms with Gasteiger partial charge in [0.15, 0.2) is 0 Å². The van der Waals surface area contributed by atoms with Crippen LogP contribution in [-0.4, -0.2) is 36.0 Å². The van der Waals surface area contributed by atoms with Crippen LogP contribution in [-0.2, 0) is 13.1 Å². The van der Waals surface area contributed by atoms with E-state index < -0.39 is 0 Å². The zero-order valence-electron chi connectivity index (χ0n) is 19.7. The molecule has 0 N–H and O–H groups in total. The van der Waals surface area contributed by atoms with Gasteiger partial charge in [-0.2, -0.15) is 0 Å². The van der Waals surface area contributed by atoms with E-state index in [9.17, 15) is 0 Å². The zero-order valence-corrected chi connectivity index (χ0v) is 19.7. The third kappa shape index (κ3) is 5.59. The topological polar surface area (TPSA) is 9.72 Å². The van der Waals surface area contributed by atoms with E-state index in [-0.39, 0.29) is 0 Å². The van der Waals surface area contributed by atoms with Crippen LogP contribution in [0, 0.1) is 0 Å². The smallest absolute Gasteiger partial charge is 0.0892 e. The fraction of sp³-hybridized carbons (Fsp3) is 0.379. The molecule has 0 unspecified atom stereocenters. The lowest BCUT2D eigenvalue weighted by atomic mass is 10.1. The van der Waals surface area contributed by atoms with E-state index in [1.165, 1.54) is 35.2 Å². The second kappa shape index (κ2) is 11.3. The Kier molecular flexibility index (Phi) is 7.97. The van der Waals surface area contributed by atoms with Gasteiger partial charge in [0.25, 0.3) is 0 Å². The summed E-state index contributed by atoms with van der Waals surface area (Å²) in [4.78, 5) is 7.77. The molecule has 3 nitrogen and oxygen atoms in total. The Balaban J connectivity index is 1.58. The maximum atomic E-state index is 2.63. The summed E-state index contributed by atoms with van der Waals surface area (Å²) >= 11 is 0. The van der Waals surface area contributed by atoms with E-state index in [0.29, 0.717) is 6.17 Å². The average Bonchev–Trinajstić information content (AvgIpc) is 3.22. The molecule has 0 aromatic heterocycles. The van der Waals surface area contributed by atoms with Crippen molar-refractivity contribution in [2.24, 2.45) is 0 Å². The van der Waals surface area contributed by atoms with Crippen LogP contribution in [0.25, 0.3) is 0 Å². The highest BCUT2D eigenvalue weighted by Crippen LogP contribution is 2.33. The Morgan fingerprint density at radius 1 is 0.656 bits per heavy atom. The molecule has 3 aromatic rings. The predicted octanol–water partition coefficient (Wildman–Crippen LogP) is 6.33. The molecule has 168 valence electrons. The van der Waals surface area contributed by atoms with E-state index in [4.69, 9.17) is 0 Å². The molecule has 0 spiro atoms. The molecule has 0 saturated carbocycles. The van der Waals surface area contributed by atoms with Crippen LogP contribution in [0.2, 0.25) is 0 Å². The first-order valence-electron chi connectivity index (χ1n) is 12.2. The van der Waals surface area contributed by atoms with Gasteiger partial charge in [-0.3, -0.25) is 9.80 Å². The minimum Gasteiger partial charge on any atom is -0.372 e. The van der Waals surface area contributed by atoms with Crippen molar-refractivity contribution >= 4 is 5.69 Å². The summed E-state index contributed by atoms with van der Waals surface area (Å²) in [7, 11) is 0. The maximum absolute atomic E-state index is 2.63. The number of benzene rings is 3. The highest BCUT2D eigenvalue weighted by molar-refractivity contribution is 5.48. The van der Waals surface area contributed by atoms with Crippen LogP contribution >= 0.6 is 0 Å². The third-order valence-electron chi connectivity index (χ3n) is 6.37. The van der Waals surface area contributed by atoms with E-state index in [0.717, 1.165) is 39.3 Å². The second-order valence-corrected chi connectivity index (χ2v) is 8.86. The van der Waals surface area contributed by atoms with Crippen molar-refractivity contribution in [1.29, 1.82) is 0 Å². The summed E-state index contributed by atoms with van der Waals surface area (Å²) in [6.07, 6.45) is 2.66. The monoisotopic (exact) mass is 427 g/mol. The Morgan fingerprint density at radius 2 is 1.12 bits per heavy atom. The molecule has 1 fully saturated rings. The molecule has 1 saturated heterocycles. The third-order valence-corrected chi connectivity index (χ3v) is 6.37. The van der Waals surface area contributed by atoms with Crippen molar-refractivity contribution in [3.63, 3.8) is 0 Å². The van der Waals surface area contributed by atoms with Crippen molar-refractivity contribution in [2.75, 3.05) is 31.1 Å². The molecule has 0 radical (unpaired) electrons. The van der Waals surface area contributed by atoms with Crippen molar-refractivity contribution in [1.82, 2.24) is 9.80 Å². The van der Waals surface area contributed by atoms with Gasteiger partial charge in [0.2, 0.25) is 0 Å². The highest BCUT2D eigenvalue weighted by atomic mass is 15.4. The van der Waals surface area contributed by atoms with Gasteiger partial charge in [-0.25, -0.2) is 0 Å². The Morgan fingerprint density at radius 3 is 1.56 bits per heavy atom. The van der Waals surface area contributed by atoms with Crippen LogP contribution in [0.5, 0.6) is 0 Å². The molecule has 1 aliphatic heterocycles. The van der Waals surface area contributed by atoms with E-state index in [1.807, 2.05) is 0 Å². The number of anilines is 1. The molecule has 3 heteroatoms. The van der Waals surface area contributed by atoms with Crippen LogP contribution in [0.15, 0.2) is 84.9 Å². The van der Waals surface area contributed by atoms with E-state index in [1.54, 1.807) is 0 Å². The van der Waals surface area contributed by atoms with E-state index >= 15 is 0 Å². The predicted molar refractivity (Wildman–Crippen MR) is 136 cm³/mol. The minimum atomic E-state index is 0.301. The molecule has 32 heavy (non-hydrogen) atoms. The SMILES string of the molecule is CCCN(CCC)c1ccc(C2N(Cc3ccccc3)CCN2Cc2ccccc2)cc1. The first kappa shape index (κ1) is 22.6. The summed E-state index contributed by atoms with van der Waals surface area (Å²) in [5.74, 6) is 0. The number of nitrogens with zero attached hydrogens (tertiary/aromatic N) is 3. The fourth-order valence-electron chi connectivity index (χ4n) is 4.89. The van der Waals surface area contributed by atoms with Gasteiger partial charge >= 0.3 is 0 Å². The molecule has 0 amide bonds. The lowest BCUT2D eigenvalue weighted by Gasteiger charge is -2.32. The molecule has 3 aromatic carbocycles. The van der Waals surface area contributed by atoms with Gasteiger partial charge in [-0.15, -0.1) is 0 Å². The van der Waals surface area contributed by atoms with E-state index in [2.05, 4.69) is 113 Å². The quantitative estimate of drug-likeness (QED) is 0.374. The van der Waals surface area contributed by atoms with Gasteiger partial charge in [0.05, 0.1) is 6.17 Å². The second-order valence-electron chi connectivity index (χ2n) is 8.86. The van der Waals surface area contributed by atoms with Gasteiger partial charge < -0.3 is 4.90 Å². The lowest BCUT2D eigenvalue weighted by molar-refractivity contribution is 0.126. The highest BCUT2D eigenvalue weighted by Gasteiger charge is 2.33. The molecular weight excluding hydrogens is 390 g/mol. The first-order chi connectivity index (χ1) is 15.8. The number of rotatable bonds is 10.